The highest BCUT2D eigenvalue weighted by Gasteiger charge is 2.16. The molecule has 1 amide bonds. The molecule has 0 aliphatic rings. The van der Waals surface area contributed by atoms with Crippen molar-refractivity contribution in [2.24, 2.45) is 0 Å². The van der Waals surface area contributed by atoms with Crippen LogP contribution in [0.1, 0.15) is 15.9 Å². The molecule has 8 heteroatoms. The summed E-state index contributed by atoms with van der Waals surface area (Å²) < 4.78 is 32.2. The first-order chi connectivity index (χ1) is 12.3. The zero-order valence-corrected chi connectivity index (χ0v) is 16.1. The zero-order valence-electron chi connectivity index (χ0n) is 14.5. The highest BCUT2D eigenvalue weighted by atomic mass is 35.5. The Balaban J connectivity index is 2.14. The van der Waals surface area contributed by atoms with Crippen molar-refractivity contribution in [3.05, 3.63) is 64.7 Å². The molecule has 0 fully saturated rings. The second-order valence-electron chi connectivity index (χ2n) is 5.66. The summed E-state index contributed by atoms with van der Waals surface area (Å²) in [6, 6.07) is 13.2. The molecule has 0 N–H and O–H groups in total. The van der Waals surface area contributed by atoms with Crippen molar-refractivity contribution >= 4 is 27.6 Å². The van der Waals surface area contributed by atoms with Gasteiger partial charge in [0.05, 0.1) is 12.9 Å². The number of benzene rings is 2. The number of carbonyl (C=O) groups is 1. The molecule has 2 rings (SSSR count). The van der Waals surface area contributed by atoms with Crippen molar-refractivity contribution in [3.8, 4) is 5.75 Å². The van der Waals surface area contributed by atoms with Gasteiger partial charge in [0.1, 0.15) is 5.75 Å². The first-order valence-corrected chi connectivity index (χ1v) is 10.00. The molecular formula is C18H20ClNO5S. The van der Waals surface area contributed by atoms with Gasteiger partial charge in [-0.15, -0.1) is 0 Å². The molecule has 0 saturated heterocycles. The van der Waals surface area contributed by atoms with Crippen LogP contribution in [-0.2, 0) is 21.4 Å². The van der Waals surface area contributed by atoms with E-state index in [-0.39, 0.29) is 11.7 Å². The van der Waals surface area contributed by atoms with Crippen LogP contribution in [0.2, 0.25) is 5.02 Å². The Hall–Kier alpha value is -2.09. The third-order valence-electron chi connectivity index (χ3n) is 3.49. The number of rotatable bonds is 8. The van der Waals surface area contributed by atoms with Gasteiger partial charge in [-0.1, -0.05) is 23.7 Å². The number of halogens is 1. The molecule has 0 spiro atoms. The van der Waals surface area contributed by atoms with E-state index in [2.05, 4.69) is 0 Å². The van der Waals surface area contributed by atoms with E-state index >= 15 is 0 Å². The Kier molecular flexibility index (Phi) is 7.02. The molecule has 0 bridgehead atoms. The smallest absolute Gasteiger partial charge is 0.306 e. The molecule has 2 aromatic carbocycles. The fourth-order valence-corrected chi connectivity index (χ4v) is 2.86. The third-order valence-corrected chi connectivity index (χ3v) is 4.24. The lowest BCUT2D eigenvalue weighted by atomic mass is 10.1. The standard InChI is InChI=1S/C18H20ClNO5S/c1-24-12-11-20(18(21)15-5-7-16(19)8-6-15)13-14-3-9-17(10-4-14)25-26(2,22)23/h3-10H,11-13H2,1-2H3. The summed E-state index contributed by atoms with van der Waals surface area (Å²) in [6.07, 6.45) is 0.984. The molecule has 0 saturated carbocycles. The van der Waals surface area contributed by atoms with E-state index in [1.165, 1.54) is 0 Å². The first kappa shape index (κ1) is 20.2. The lowest BCUT2D eigenvalue weighted by molar-refractivity contribution is 0.0680. The van der Waals surface area contributed by atoms with E-state index < -0.39 is 10.1 Å². The zero-order chi connectivity index (χ0) is 19.2. The largest absolute Gasteiger partial charge is 0.383 e. The summed E-state index contributed by atoms with van der Waals surface area (Å²) in [4.78, 5) is 14.4. The van der Waals surface area contributed by atoms with Crippen LogP contribution in [0, 0.1) is 0 Å². The molecule has 26 heavy (non-hydrogen) atoms. The van der Waals surface area contributed by atoms with Crippen LogP contribution in [-0.4, -0.2) is 45.7 Å². The number of ether oxygens (including phenoxy) is 1. The summed E-state index contributed by atoms with van der Waals surface area (Å²) in [5, 5.41) is 0.562. The fraction of sp³-hybridized carbons (Fsp3) is 0.278. The summed E-state index contributed by atoms with van der Waals surface area (Å²) in [5.74, 6) is 0.0823. The highest BCUT2D eigenvalue weighted by molar-refractivity contribution is 7.86. The quantitative estimate of drug-likeness (QED) is 0.640. The number of carbonyl (C=O) groups excluding carboxylic acids is 1. The normalized spacial score (nSPS) is 11.2. The minimum atomic E-state index is -3.57. The third kappa shape index (κ3) is 6.33. The van der Waals surface area contributed by atoms with E-state index in [1.807, 2.05) is 0 Å². The van der Waals surface area contributed by atoms with E-state index in [9.17, 15) is 13.2 Å². The van der Waals surface area contributed by atoms with Gasteiger partial charge < -0.3 is 13.8 Å². The van der Waals surface area contributed by atoms with Gasteiger partial charge in [-0.2, -0.15) is 8.42 Å². The summed E-state index contributed by atoms with van der Waals surface area (Å²) in [6.45, 7) is 1.16. The molecule has 0 aromatic heterocycles. The molecule has 0 heterocycles. The molecule has 140 valence electrons. The lowest BCUT2D eigenvalue weighted by Gasteiger charge is -2.23. The molecule has 0 unspecified atom stereocenters. The average molecular weight is 398 g/mol. The van der Waals surface area contributed by atoms with Crippen molar-refractivity contribution in [3.63, 3.8) is 0 Å². The van der Waals surface area contributed by atoms with Crippen molar-refractivity contribution in [1.29, 1.82) is 0 Å². The Bertz CT molecular complexity index is 835. The summed E-state index contributed by atoms with van der Waals surface area (Å²) in [5.41, 5.74) is 1.37. The number of nitrogens with zero attached hydrogens (tertiary/aromatic N) is 1. The van der Waals surface area contributed by atoms with E-state index in [1.54, 1.807) is 60.5 Å². The van der Waals surface area contributed by atoms with Crippen molar-refractivity contribution < 1.29 is 22.1 Å². The number of hydrogen-bond acceptors (Lipinski definition) is 5. The lowest BCUT2D eigenvalue weighted by Crippen LogP contribution is -2.33. The number of methoxy groups -OCH3 is 1. The second kappa shape index (κ2) is 9.02. The van der Waals surface area contributed by atoms with E-state index in [4.69, 9.17) is 20.5 Å². The highest BCUT2D eigenvalue weighted by Crippen LogP contribution is 2.17. The van der Waals surface area contributed by atoms with Crippen LogP contribution in [0.25, 0.3) is 0 Å². The van der Waals surface area contributed by atoms with Crippen molar-refractivity contribution in [2.45, 2.75) is 6.54 Å². The van der Waals surface area contributed by atoms with Crippen LogP contribution in [0.4, 0.5) is 0 Å². The van der Waals surface area contributed by atoms with Gasteiger partial charge in [-0.3, -0.25) is 4.79 Å². The van der Waals surface area contributed by atoms with Gasteiger partial charge >= 0.3 is 10.1 Å². The maximum atomic E-state index is 12.7. The first-order valence-electron chi connectivity index (χ1n) is 7.80. The van der Waals surface area contributed by atoms with E-state index in [0.29, 0.717) is 30.3 Å². The van der Waals surface area contributed by atoms with Crippen LogP contribution in [0.15, 0.2) is 48.5 Å². The van der Waals surface area contributed by atoms with Crippen LogP contribution in [0.3, 0.4) is 0 Å². The number of amides is 1. The fourth-order valence-electron chi connectivity index (χ4n) is 2.27. The van der Waals surface area contributed by atoms with Crippen LogP contribution >= 0.6 is 11.6 Å². The topological polar surface area (TPSA) is 72.9 Å². The van der Waals surface area contributed by atoms with E-state index in [0.717, 1.165) is 11.8 Å². The predicted molar refractivity (Wildman–Crippen MR) is 100.0 cm³/mol. The van der Waals surface area contributed by atoms with Gasteiger partial charge in [0.2, 0.25) is 0 Å². The second-order valence-corrected chi connectivity index (χ2v) is 7.67. The number of hydrogen-bond donors (Lipinski definition) is 0. The monoisotopic (exact) mass is 397 g/mol. The predicted octanol–water partition coefficient (Wildman–Crippen LogP) is 2.97. The minimum absolute atomic E-state index is 0.143. The average Bonchev–Trinajstić information content (AvgIpc) is 2.59. The Morgan fingerprint density at radius 1 is 1.08 bits per heavy atom. The van der Waals surface area contributed by atoms with Crippen molar-refractivity contribution in [2.75, 3.05) is 26.5 Å². The van der Waals surface area contributed by atoms with Crippen molar-refractivity contribution in [1.82, 2.24) is 4.90 Å². The van der Waals surface area contributed by atoms with Gasteiger partial charge in [0.15, 0.2) is 0 Å². The Morgan fingerprint density at radius 3 is 2.23 bits per heavy atom. The van der Waals surface area contributed by atoms with Gasteiger partial charge in [0, 0.05) is 30.8 Å². The molecule has 0 atom stereocenters. The summed E-state index contributed by atoms with van der Waals surface area (Å²) in [7, 11) is -2.00. The molecule has 0 radical (unpaired) electrons. The van der Waals surface area contributed by atoms with Gasteiger partial charge in [-0.05, 0) is 42.0 Å². The Morgan fingerprint density at radius 2 is 1.69 bits per heavy atom. The van der Waals surface area contributed by atoms with Gasteiger partial charge in [0.25, 0.3) is 5.91 Å². The Labute approximate surface area is 158 Å². The molecule has 6 nitrogen and oxygen atoms in total. The molecular weight excluding hydrogens is 378 g/mol. The van der Waals surface area contributed by atoms with Gasteiger partial charge in [-0.25, -0.2) is 0 Å². The summed E-state index contributed by atoms with van der Waals surface area (Å²) >= 11 is 5.87. The molecule has 0 aliphatic heterocycles. The SMILES string of the molecule is COCCN(Cc1ccc(OS(C)(=O)=O)cc1)C(=O)c1ccc(Cl)cc1. The minimum Gasteiger partial charge on any atom is -0.383 e. The maximum absolute atomic E-state index is 12.7. The van der Waals surface area contributed by atoms with Crippen LogP contribution < -0.4 is 4.18 Å². The molecule has 2 aromatic rings. The van der Waals surface area contributed by atoms with Crippen LogP contribution in [0.5, 0.6) is 5.75 Å². The maximum Gasteiger partial charge on any atom is 0.306 e. The molecule has 0 aliphatic carbocycles.